The lowest BCUT2D eigenvalue weighted by molar-refractivity contribution is 0.0995. The summed E-state index contributed by atoms with van der Waals surface area (Å²) >= 11 is 9.41. The number of rotatable bonds is 5. The van der Waals surface area contributed by atoms with Crippen molar-refractivity contribution in [2.45, 2.75) is 32.0 Å². The van der Waals surface area contributed by atoms with Gasteiger partial charge in [-0.25, -0.2) is 0 Å². The van der Waals surface area contributed by atoms with E-state index in [-0.39, 0.29) is 17.6 Å². The first-order chi connectivity index (χ1) is 17.0. The standard InChI is InChI=1S/C26H23BrClN5O2/c27-19-8-11-23-21(14-19)24(30-31-25(34)17-6-9-20(28)10-7-17)26(35)33(23)16-32-13-2-1-5-22(32)18-4-3-12-29-15-18/h3-4,6-12,14-15,22,35H,1-2,5,13,16H2/t22-/m0/s1. The summed E-state index contributed by atoms with van der Waals surface area (Å²) in [7, 11) is 0. The molecule has 0 bridgehead atoms. The van der Waals surface area contributed by atoms with Crippen LogP contribution in [0, 0.1) is 0 Å². The highest BCUT2D eigenvalue weighted by Crippen LogP contribution is 2.41. The Morgan fingerprint density at radius 3 is 2.77 bits per heavy atom. The molecule has 1 atom stereocenters. The van der Waals surface area contributed by atoms with Gasteiger partial charge in [-0.3, -0.25) is 19.2 Å². The van der Waals surface area contributed by atoms with Gasteiger partial charge in [0, 0.05) is 45.4 Å². The Morgan fingerprint density at radius 2 is 2.00 bits per heavy atom. The summed E-state index contributed by atoms with van der Waals surface area (Å²) in [6, 6.07) is 16.4. The molecule has 4 aromatic rings. The van der Waals surface area contributed by atoms with Crippen molar-refractivity contribution < 1.29 is 9.90 Å². The van der Waals surface area contributed by atoms with Crippen LogP contribution in [0.3, 0.4) is 0 Å². The van der Waals surface area contributed by atoms with E-state index in [1.807, 2.05) is 35.0 Å². The second kappa shape index (κ2) is 10.3. The largest absolute Gasteiger partial charge is 0.493 e. The van der Waals surface area contributed by atoms with Crippen molar-refractivity contribution in [3.63, 3.8) is 0 Å². The molecule has 0 spiro atoms. The molecule has 1 N–H and O–H groups in total. The smallest absolute Gasteiger partial charge is 0.295 e. The zero-order chi connectivity index (χ0) is 24.4. The van der Waals surface area contributed by atoms with Gasteiger partial charge in [-0.05, 0) is 66.9 Å². The summed E-state index contributed by atoms with van der Waals surface area (Å²) in [5.41, 5.74) is 2.61. The van der Waals surface area contributed by atoms with E-state index in [4.69, 9.17) is 11.6 Å². The predicted molar refractivity (Wildman–Crippen MR) is 139 cm³/mol. The third-order valence-electron chi connectivity index (χ3n) is 6.31. The molecule has 0 unspecified atom stereocenters. The Labute approximate surface area is 216 Å². The second-order valence-electron chi connectivity index (χ2n) is 8.53. The molecule has 0 saturated carbocycles. The molecule has 2 aromatic carbocycles. The maximum absolute atomic E-state index is 12.6. The van der Waals surface area contributed by atoms with E-state index in [9.17, 15) is 9.90 Å². The van der Waals surface area contributed by atoms with Crippen molar-refractivity contribution in [3.05, 3.63) is 87.6 Å². The number of piperidine rings is 1. The molecule has 9 heteroatoms. The first-order valence-corrected chi connectivity index (χ1v) is 12.5. The summed E-state index contributed by atoms with van der Waals surface area (Å²) in [5.74, 6) is -0.536. The number of halogens is 2. The number of carbonyl (C=O) groups is 1. The topological polar surface area (TPSA) is 83.1 Å². The Hall–Kier alpha value is -3.07. The lowest BCUT2D eigenvalue weighted by Gasteiger charge is -2.36. The van der Waals surface area contributed by atoms with Gasteiger partial charge in [0.25, 0.3) is 5.91 Å². The molecule has 178 valence electrons. The van der Waals surface area contributed by atoms with Crippen LogP contribution in [0.25, 0.3) is 10.9 Å². The minimum atomic E-state index is -0.510. The van der Waals surface area contributed by atoms with Crippen molar-refractivity contribution in [1.29, 1.82) is 0 Å². The fraction of sp³-hybridized carbons (Fsp3) is 0.231. The molecule has 0 radical (unpaired) electrons. The molecule has 1 fully saturated rings. The maximum Gasteiger partial charge on any atom is 0.295 e. The molecule has 1 saturated heterocycles. The monoisotopic (exact) mass is 551 g/mol. The number of aromatic hydroxyl groups is 1. The molecule has 5 rings (SSSR count). The maximum atomic E-state index is 12.6. The van der Waals surface area contributed by atoms with Gasteiger partial charge in [0.05, 0.1) is 12.2 Å². The number of amides is 1. The van der Waals surface area contributed by atoms with Crippen molar-refractivity contribution in [1.82, 2.24) is 14.5 Å². The number of likely N-dealkylation sites (tertiary alicyclic amines) is 1. The zero-order valence-electron chi connectivity index (χ0n) is 18.8. The lowest BCUT2D eigenvalue weighted by atomic mass is 9.97. The van der Waals surface area contributed by atoms with Gasteiger partial charge in [-0.2, -0.15) is 0 Å². The van der Waals surface area contributed by atoms with E-state index in [0.29, 0.717) is 22.6 Å². The quantitative estimate of drug-likeness (QED) is 0.264. The van der Waals surface area contributed by atoms with E-state index < -0.39 is 5.91 Å². The SMILES string of the molecule is O=C(N=Nc1c(O)n(CN2CCCC[C@H]2c2cccnc2)c2ccc(Br)cc12)c1ccc(Cl)cc1. The summed E-state index contributed by atoms with van der Waals surface area (Å²) in [5, 5.41) is 20.6. The number of aromatic nitrogens is 2. The Bertz CT molecular complexity index is 1390. The third-order valence-corrected chi connectivity index (χ3v) is 7.06. The Balaban J connectivity index is 1.50. The van der Waals surface area contributed by atoms with E-state index in [0.717, 1.165) is 35.8 Å². The van der Waals surface area contributed by atoms with Gasteiger partial charge in [0.1, 0.15) is 0 Å². The molecule has 0 aliphatic carbocycles. The first kappa shape index (κ1) is 23.7. The van der Waals surface area contributed by atoms with Crippen molar-refractivity contribution in [2.75, 3.05) is 6.54 Å². The number of hydrogen-bond acceptors (Lipinski definition) is 5. The number of hydrogen-bond donors (Lipinski definition) is 1. The Kier molecular flexibility index (Phi) is 6.95. The summed E-state index contributed by atoms with van der Waals surface area (Å²) in [6.07, 6.45) is 6.95. The minimum Gasteiger partial charge on any atom is -0.493 e. The van der Waals surface area contributed by atoms with Gasteiger partial charge >= 0.3 is 0 Å². The van der Waals surface area contributed by atoms with Crippen LogP contribution in [0.5, 0.6) is 5.88 Å². The van der Waals surface area contributed by atoms with Crippen LogP contribution in [0.15, 0.2) is 81.7 Å². The molecule has 1 amide bonds. The van der Waals surface area contributed by atoms with E-state index in [1.165, 1.54) is 5.56 Å². The van der Waals surface area contributed by atoms with Crippen LogP contribution in [-0.2, 0) is 6.67 Å². The van der Waals surface area contributed by atoms with Crippen molar-refractivity contribution in [2.24, 2.45) is 10.2 Å². The zero-order valence-corrected chi connectivity index (χ0v) is 21.2. The number of nitrogens with zero attached hydrogens (tertiary/aromatic N) is 5. The van der Waals surface area contributed by atoms with E-state index in [2.05, 4.69) is 42.1 Å². The molecule has 1 aliphatic heterocycles. The van der Waals surface area contributed by atoms with Gasteiger partial charge in [0.2, 0.25) is 5.88 Å². The Morgan fingerprint density at radius 1 is 1.17 bits per heavy atom. The summed E-state index contributed by atoms with van der Waals surface area (Å²) in [6.45, 7) is 1.38. The number of fused-ring (bicyclic) bond motifs is 1. The van der Waals surface area contributed by atoms with Gasteiger partial charge in [-0.15, -0.1) is 10.2 Å². The summed E-state index contributed by atoms with van der Waals surface area (Å²) < 4.78 is 2.67. The molecular weight excluding hydrogens is 530 g/mol. The lowest BCUT2D eigenvalue weighted by Crippen LogP contribution is -2.34. The fourth-order valence-corrected chi connectivity index (χ4v) is 5.06. The van der Waals surface area contributed by atoms with Gasteiger partial charge in [0.15, 0.2) is 5.69 Å². The molecule has 35 heavy (non-hydrogen) atoms. The molecular formula is C26H23BrClN5O2. The minimum absolute atomic E-state index is 0.0266. The van der Waals surface area contributed by atoms with Crippen LogP contribution in [0.4, 0.5) is 5.69 Å². The predicted octanol–water partition coefficient (Wildman–Crippen LogP) is 7.27. The molecule has 2 aromatic heterocycles. The molecule has 7 nitrogen and oxygen atoms in total. The van der Waals surface area contributed by atoms with E-state index >= 15 is 0 Å². The second-order valence-corrected chi connectivity index (χ2v) is 9.88. The van der Waals surface area contributed by atoms with Gasteiger partial charge < -0.3 is 5.11 Å². The number of benzene rings is 2. The molecule has 3 heterocycles. The number of azo groups is 1. The van der Waals surface area contributed by atoms with Crippen molar-refractivity contribution >= 4 is 50.0 Å². The normalized spacial score (nSPS) is 16.8. The highest BCUT2D eigenvalue weighted by molar-refractivity contribution is 9.10. The molecule has 1 aliphatic rings. The van der Waals surface area contributed by atoms with Crippen LogP contribution < -0.4 is 0 Å². The average molecular weight is 553 g/mol. The van der Waals surface area contributed by atoms with Crippen LogP contribution in [0.1, 0.15) is 41.2 Å². The number of carbonyl (C=O) groups excluding carboxylic acids is 1. The highest BCUT2D eigenvalue weighted by Gasteiger charge is 2.27. The number of pyridine rings is 1. The van der Waals surface area contributed by atoms with Gasteiger partial charge in [-0.1, -0.05) is 40.0 Å². The van der Waals surface area contributed by atoms with Crippen molar-refractivity contribution in [3.8, 4) is 5.88 Å². The average Bonchev–Trinajstić information content (AvgIpc) is 3.13. The van der Waals surface area contributed by atoms with Crippen LogP contribution in [-0.4, -0.2) is 32.0 Å². The highest BCUT2D eigenvalue weighted by atomic mass is 79.9. The first-order valence-electron chi connectivity index (χ1n) is 11.4. The fourth-order valence-electron chi connectivity index (χ4n) is 4.58. The van der Waals surface area contributed by atoms with Crippen LogP contribution >= 0.6 is 27.5 Å². The van der Waals surface area contributed by atoms with E-state index in [1.54, 1.807) is 30.5 Å². The third kappa shape index (κ3) is 5.00. The summed E-state index contributed by atoms with van der Waals surface area (Å²) in [4.78, 5) is 19.2. The van der Waals surface area contributed by atoms with Crippen LogP contribution in [0.2, 0.25) is 5.02 Å².